The molecule has 7 nitrogen and oxygen atoms in total. The zero-order chi connectivity index (χ0) is 14.7. The fourth-order valence-corrected chi connectivity index (χ4v) is 2.07. The molecule has 1 amide bonds. The molecule has 3 rings (SSSR count). The van der Waals surface area contributed by atoms with Crippen LogP contribution in [0.5, 0.6) is 0 Å². The van der Waals surface area contributed by atoms with E-state index in [0.29, 0.717) is 6.54 Å². The number of anilines is 1. The molecule has 1 fully saturated rings. The van der Waals surface area contributed by atoms with Gasteiger partial charge in [-0.2, -0.15) is 0 Å². The summed E-state index contributed by atoms with van der Waals surface area (Å²) in [5.74, 6) is 0.732. The molecule has 0 bridgehead atoms. The summed E-state index contributed by atoms with van der Waals surface area (Å²) in [6, 6.07) is 5.71. The molecule has 7 heteroatoms. The molecular formula is C14H18N6O. The molecule has 1 aromatic carbocycles. The number of nitrogens with one attached hydrogen (secondary N) is 2. The molecule has 2 N–H and O–H groups in total. The maximum absolute atomic E-state index is 11.9. The van der Waals surface area contributed by atoms with Gasteiger partial charge in [0.25, 0.3) is 0 Å². The Balaban J connectivity index is 1.63. The van der Waals surface area contributed by atoms with Crippen molar-refractivity contribution >= 4 is 11.6 Å². The van der Waals surface area contributed by atoms with Crippen molar-refractivity contribution in [2.75, 3.05) is 18.4 Å². The molecule has 1 aliphatic rings. The van der Waals surface area contributed by atoms with Gasteiger partial charge in [0.1, 0.15) is 6.33 Å². The zero-order valence-electron chi connectivity index (χ0n) is 11.9. The third-order valence-electron chi connectivity index (χ3n) is 3.52. The molecule has 110 valence electrons. The van der Waals surface area contributed by atoms with Gasteiger partial charge in [0.2, 0.25) is 5.91 Å². The number of aryl methyl sites for hydroxylation is 1. The van der Waals surface area contributed by atoms with Crippen molar-refractivity contribution in [1.29, 1.82) is 0 Å². The number of carbonyl (C=O) groups is 1. The topological polar surface area (TPSA) is 84.7 Å². The van der Waals surface area contributed by atoms with Gasteiger partial charge < -0.3 is 10.6 Å². The number of amides is 1. The molecule has 0 radical (unpaired) electrons. The van der Waals surface area contributed by atoms with E-state index in [0.717, 1.165) is 29.4 Å². The minimum absolute atomic E-state index is 0.0346. The molecule has 1 aromatic heterocycles. The van der Waals surface area contributed by atoms with Crippen LogP contribution in [0.3, 0.4) is 0 Å². The number of hydrogen-bond acceptors (Lipinski definition) is 5. The van der Waals surface area contributed by atoms with Crippen molar-refractivity contribution in [3.63, 3.8) is 0 Å². The average molecular weight is 286 g/mol. The monoisotopic (exact) mass is 286 g/mol. The Hall–Kier alpha value is -2.28. The van der Waals surface area contributed by atoms with Crippen LogP contribution in [0.1, 0.15) is 18.4 Å². The van der Waals surface area contributed by atoms with Crippen LogP contribution < -0.4 is 10.6 Å². The first-order chi connectivity index (χ1) is 10.2. The lowest BCUT2D eigenvalue weighted by Crippen LogP contribution is -2.29. The minimum Gasteiger partial charge on any atom is -0.325 e. The predicted octanol–water partition coefficient (Wildman–Crippen LogP) is 0.909. The minimum atomic E-state index is -0.0346. The Morgan fingerprint density at radius 3 is 3.00 bits per heavy atom. The number of rotatable bonds is 6. The van der Waals surface area contributed by atoms with Gasteiger partial charge in [-0.15, -0.1) is 5.10 Å². The van der Waals surface area contributed by atoms with E-state index in [1.807, 2.05) is 25.1 Å². The molecule has 21 heavy (non-hydrogen) atoms. The third-order valence-corrected chi connectivity index (χ3v) is 3.52. The van der Waals surface area contributed by atoms with Crippen LogP contribution in [0, 0.1) is 12.8 Å². The van der Waals surface area contributed by atoms with E-state index in [1.54, 1.807) is 4.68 Å². The second kappa shape index (κ2) is 6.01. The summed E-state index contributed by atoms with van der Waals surface area (Å²) < 4.78 is 1.56. The lowest BCUT2D eigenvalue weighted by Gasteiger charge is -2.10. The van der Waals surface area contributed by atoms with E-state index in [-0.39, 0.29) is 5.91 Å². The second-order valence-electron chi connectivity index (χ2n) is 5.38. The standard InChI is InChI=1S/C14H18N6O/c1-10-2-5-12(20-9-16-18-19-20)6-13(10)17-14(21)8-15-7-11-3-4-11/h2,5-6,9,11,15H,3-4,7-8H2,1H3,(H,17,21). The number of nitrogens with zero attached hydrogens (tertiary/aromatic N) is 4. The summed E-state index contributed by atoms with van der Waals surface area (Å²) in [7, 11) is 0. The van der Waals surface area contributed by atoms with Crippen molar-refractivity contribution in [3.05, 3.63) is 30.1 Å². The summed E-state index contributed by atoms with van der Waals surface area (Å²) in [4.78, 5) is 11.9. The molecule has 1 saturated carbocycles. The van der Waals surface area contributed by atoms with Crippen LogP contribution in [-0.2, 0) is 4.79 Å². The van der Waals surface area contributed by atoms with Crippen molar-refractivity contribution in [2.45, 2.75) is 19.8 Å². The quantitative estimate of drug-likeness (QED) is 0.824. The maximum Gasteiger partial charge on any atom is 0.238 e. The normalized spacial score (nSPS) is 14.1. The van der Waals surface area contributed by atoms with Gasteiger partial charge in [-0.05, 0) is 60.4 Å². The Morgan fingerprint density at radius 1 is 1.43 bits per heavy atom. The lowest BCUT2D eigenvalue weighted by molar-refractivity contribution is -0.115. The Morgan fingerprint density at radius 2 is 2.29 bits per heavy atom. The highest BCUT2D eigenvalue weighted by Crippen LogP contribution is 2.27. The second-order valence-corrected chi connectivity index (χ2v) is 5.38. The molecule has 0 atom stereocenters. The van der Waals surface area contributed by atoms with Gasteiger partial charge in [-0.3, -0.25) is 4.79 Å². The first kappa shape index (κ1) is 13.7. The molecule has 0 saturated heterocycles. The van der Waals surface area contributed by atoms with E-state index in [9.17, 15) is 4.79 Å². The largest absolute Gasteiger partial charge is 0.325 e. The molecular weight excluding hydrogens is 268 g/mol. The van der Waals surface area contributed by atoms with Gasteiger partial charge in [-0.25, -0.2) is 4.68 Å². The number of carbonyl (C=O) groups excluding carboxylic acids is 1. The Labute approximate surface area is 122 Å². The van der Waals surface area contributed by atoms with Gasteiger partial charge >= 0.3 is 0 Å². The number of aromatic nitrogens is 4. The smallest absolute Gasteiger partial charge is 0.238 e. The third kappa shape index (κ3) is 3.63. The zero-order valence-corrected chi connectivity index (χ0v) is 11.9. The number of tetrazole rings is 1. The van der Waals surface area contributed by atoms with Crippen LogP contribution in [0.25, 0.3) is 5.69 Å². The van der Waals surface area contributed by atoms with Crippen molar-refractivity contribution < 1.29 is 4.79 Å². The maximum atomic E-state index is 11.9. The molecule has 0 spiro atoms. The SMILES string of the molecule is Cc1ccc(-n2cnnn2)cc1NC(=O)CNCC1CC1. The van der Waals surface area contributed by atoms with Gasteiger partial charge in [0.15, 0.2) is 0 Å². The van der Waals surface area contributed by atoms with E-state index >= 15 is 0 Å². The van der Waals surface area contributed by atoms with Crippen LogP contribution in [0.2, 0.25) is 0 Å². The van der Waals surface area contributed by atoms with Crippen LogP contribution in [0.15, 0.2) is 24.5 Å². The summed E-state index contributed by atoms with van der Waals surface area (Å²) in [6.07, 6.45) is 4.08. The van der Waals surface area contributed by atoms with Gasteiger partial charge in [0.05, 0.1) is 12.2 Å². The highest BCUT2D eigenvalue weighted by Gasteiger charge is 2.20. The predicted molar refractivity (Wildman–Crippen MR) is 78.1 cm³/mol. The van der Waals surface area contributed by atoms with Crippen molar-refractivity contribution in [3.8, 4) is 5.69 Å². The van der Waals surface area contributed by atoms with Gasteiger partial charge in [-0.1, -0.05) is 6.07 Å². The number of hydrogen-bond donors (Lipinski definition) is 2. The first-order valence-corrected chi connectivity index (χ1v) is 7.07. The van der Waals surface area contributed by atoms with Gasteiger partial charge in [0, 0.05) is 5.69 Å². The van der Waals surface area contributed by atoms with Crippen LogP contribution in [-0.4, -0.2) is 39.2 Å². The summed E-state index contributed by atoms with van der Waals surface area (Å²) in [5, 5.41) is 17.2. The molecule has 1 aliphatic carbocycles. The molecule has 2 aromatic rings. The molecule has 1 heterocycles. The van der Waals surface area contributed by atoms with E-state index in [2.05, 4.69) is 26.2 Å². The van der Waals surface area contributed by atoms with Crippen LogP contribution in [0.4, 0.5) is 5.69 Å². The Bertz CT molecular complexity index is 620. The fourth-order valence-electron chi connectivity index (χ4n) is 2.07. The highest BCUT2D eigenvalue weighted by atomic mass is 16.1. The lowest BCUT2D eigenvalue weighted by atomic mass is 10.2. The Kier molecular flexibility index (Phi) is 3.92. The number of benzene rings is 1. The van der Waals surface area contributed by atoms with E-state index in [4.69, 9.17) is 0 Å². The van der Waals surface area contributed by atoms with E-state index in [1.165, 1.54) is 19.2 Å². The van der Waals surface area contributed by atoms with E-state index < -0.39 is 0 Å². The van der Waals surface area contributed by atoms with Crippen LogP contribution >= 0.6 is 0 Å². The average Bonchev–Trinajstić information content (AvgIpc) is 3.13. The highest BCUT2D eigenvalue weighted by molar-refractivity contribution is 5.93. The van der Waals surface area contributed by atoms with Crippen molar-refractivity contribution in [1.82, 2.24) is 25.5 Å². The summed E-state index contributed by atoms with van der Waals surface area (Å²) in [5.41, 5.74) is 2.59. The molecule has 0 unspecified atom stereocenters. The summed E-state index contributed by atoms with van der Waals surface area (Å²) in [6.45, 7) is 3.22. The first-order valence-electron chi connectivity index (χ1n) is 7.07. The summed E-state index contributed by atoms with van der Waals surface area (Å²) >= 11 is 0. The molecule has 0 aliphatic heterocycles. The fraction of sp³-hybridized carbons (Fsp3) is 0.429. The van der Waals surface area contributed by atoms with Crippen molar-refractivity contribution in [2.24, 2.45) is 5.92 Å².